The molecule has 0 bridgehead atoms. The van der Waals surface area contributed by atoms with Crippen LogP contribution in [0.1, 0.15) is 29.7 Å². The molecular formula is C15H22N2O5. The van der Waals surface area contributed by atoms with Gasteiger partial charge >= 0.3 is 5.97 Å². The normalized spacial score (nSPS) is 22.5. The molecule has 0 spiro atoms. The largest absolute Gasteiger partial charge is 0.506 e. The minimum Gasteiger partial charge on any atom is -0.506 e. The van der Waals surface area contributed by atoms with Crippen molar-refractivity contribution in [2.45, 2.75) is 45.1 Å². The van der Waals surface area contributed by atoms with Crippen molar-refractivity contribution in [1.82, 2.24) is 9.88 Å². The van der Waals surface area contributed by atoms with Gasteiger partial charge in [0.25, 0.3) is 0 Å². The molecule has 2 rings (SSSR count). The number of esters is 1. The number of hydrogen-bond donors (Lipinski definition) is 3. The van der Waals surface area contributed by atoms with Crippen molar-refractivity contribution >= 4 is 5.97 Å². The molecule has 2 heterocycles. The summed E-state index contributed by atoms with van der Waals surface area (Å²) in [7, 11) is 1.31. The minimum atomic E-state index is -0.562. The quantitative estimate of drug-likeness (QED) is 0.677. The van der Waals surface area contributed by atoms with Crippen molar-refractivity contribution in [3.05, 3.63) is 23.0 Å². The Bertz CT molecular complexity index is 549. The Morgan fingerprint density at radius 2 is 2.27 bits per heavy atom. The van der Waals surface area contributed by atoms with Crippen LogP contribution in [-0.4, -0.2) is 57.0 Å². The molecule has 0 unspecified atom stereocenters. The first kappa shape index (κ1) is 16.7. The van der Waals surface area contributed by atoms with E-state index in [1.54, 1.807) is 6.92 Å². The van der Waals surface area contributed by atoms with Gasteiger partial charge in [0.1, 0.15) is 11.8 Å². The zero-order valence-electron chi connectivity index (χ0n) is 12.8. The summed E-state index contributed by atoms with van der Waals surface area (Å²) in [6.07, 6.45) is 1.83. The second kappa shape index (κ2) is 7.04. The van der Waals surface area contributed by atoms with Crippen molar-refractivity contribution in [2.24, 2.45) is 0 Å². The molecule has 2 atom stereocenters. The molecule has 0 aromatic carbocycles. The first-order valence-corrected chi connectivity index (χ1v) is 7.25. The SMILES string of the molecule is COC(=O)[C@H]1C[C@@H](O)CCN1Cc1c(CO)cnc(C)c1O. The maximum atomic E-state index is 11.9. The molecule has 22 heavy (non-hydrogen) atoms. The Hall–Kier alpha value is -1.70. The van der Waals surface area contributed by atoms with Crippen molar-refractivity contribution in [3.8, 4) is 5.75 Å². The highest BCUT2D eigenvalue weighted by atomic mass is 16.5. The number of ether oxygens (including phenoxy) is 1. The van der Waals surface area contributed by atoms with E-state index in [4.69, 9.17) is 4.74 Å². The molecular weight excluding hydrogens is 288 g/mol. The zero-order valence-corrected chi connectivity index (χ0v) is 12.8. The van der Waals surface area contributed by atoms with Crippen molar-refractivity contribution in [2.75, 3.05) is 13.7 Å². The van der Waals surface area contributed by atoms with Crippen molar-refractivity contribution in [3.63, 3.8) is 0 Å². The lowest BCUT2D eigenvalue weighted by Crippen LogP contribution is -2.48. The van der Waals surface area contributed by atoms with Gasteiger partial charge in [-0.25, -0.2) is 0 Å². The van der Waals surface area contributed by atoms with Gasteiger partial charge in [-0.15, -0.1) is 0 Å². The summed E-state index contributed by atoms with van der Waals surface area (Å²) >= 11 is 0. The van der Waals surface area contributed by atoms with Crippen LogP contribution in [0, 0.1) is 6.92 Å². The second-order valence-electron chi connectivity index (χ2n) is 5.54. The highest BCUT2D eigenvalue weighted by Crippen LogP contribution is 2.28. The van der Waals surface area contributed by atoms with Crippen LogP contribution in [0.15, 0.2) is 6.20 Å². The number of likely N-dealkylation sites (tertiary alicyclic amines) is 1. The predicted octanol–water partition coefficient (Wildman–Crippen LogP) is 0.0862. The number of aliphatic hydroxyl groups excluding tert-OH is 2. The van der Waals surface area contributed by atoms with Crippen LogP contribution in [0.3, 0.4) is 0 Å². The van der Waals surface area contributed by atoms with E-state index in [1.807, 2.05) is 4.90 Å². The van der Waals surface area contributed by atoms with Crippen molar-refractivity contribution in [1.29, 1.82) is 0 Å². The molecule has 0 saturated carbocycles. The first-order valence-electron chi connectivity index (χ1n) is 7.25. The molecule has 122 valence electrons. The van der Waals surface area contributed by atoms with Gasteiger partial charge in [-0.05, 0) is 19.8 Å². The van der Waals surface area contributed by atoms with E-state index in [1.165, 1.54) is 13.3 Å². The number of hydrogen-bond acceptors (Lipinski definition) is 7. The van der Waals surface area contributed by atoms with Gasteiger partial charge in [0.05, 0.1) is 25.5 Å². The Morgan fingerprint density at radius 3 is 2.91 bits per heavy atom. The Labute approximate surface area is 129 Å². The monoisotopic (exact) mass is 310 g/mol. The topological polar surface area (TPSA) is 103 Å². The summed E-state index contributed by atoms with van der Waals surface area (Å²) in [6, 6.07) is -0.562. The lowest BCUT2D eigenvalue weighted by Gasteiger charge is -2.36. The minimum absolute atomic E-state index is 0.0290. The van der Waals surface area contributed by atoms with Gasteiger partial charge in [0.15, 0.2) is 0 Å². The van der Waals surface area contributed by atoms with Crippen LogP contribution in [0.4, 0.5) is 0 Å². The number of piperidine rings is 1. The number of aliphatic hydroxyl groups is 2. The van der Waals surface area contributed by atoms with E-state index < -0.39 is 18.1 Å². The third-order valence-electron chi connectivity index (χ3n) is 4.12. The van der Waals surface area contributed by atoms with Gasteiger partial charge < -0.3 is 20.1 Å². The number of carbonyl (C=O) groups excluding carboxylic acids is 1. The molecule has 1 aliphatic rings. The Morgan fingerprint density at radius 1 is 1.55 bits per heavy atom. The van der Waals surface area contributed by atoms with Crippen LogP contribution < -0.4 is 0 Å². The van der Waals surface area contributed by atoms with Crippen molar-refractivity contribution < 1.29 is 24.9 Å². The molecule has 1 aliphatic heterocycles. The molecule has 0 radical (unpaired) electrons. The molecule has 3 N–H and O–H groups in total. The maximum absolute atomic E-state index is 11.9. The van der Waals surface area contributed by atoms with Crippen LogP contribution in [-0.2, 0) is 22.7 Å². The fraction of sp³-hybridized carbons (Fsp3) is 0.600. The van der Waals surface area contributed by atoms with Gasteiger partial charge in [0, 0.05) is 30.4 Å². The smallest absolute Gasteiger partial charge is 0.323 e. The first-order chi connectivity index (χ1) is 10.5. The van der Waals surface area contributed by atoms with Crippen LogP contribution >= 0.6 is 0 Å². The molecule has 1 saturated heterocycles. The van der Waals surface area contributed by atoms with E-state index >= 15 is 0 Å². The van der Waals surface area contributed by atoms with Crippen LogP contribution in [0.25, 0.3) is 0 Å². The fourth-order valence-electron chi connectivity index (χ4n) is 2.77. The number of rotatable bonds is 4. The highest BCUT2D eigenvalue weighted by Gasteiger charge is 2.34. The fourth-order valence-corrected chi connectivity index (χ4v) is 2.77. The van der Waals surface area contributed by atoms with Crippen LogP contribution in [0.2, 0.25) is 0 Å². The average Bonchev–Trinajstić information content (AvgIpc) is 2.52. The number of aromatic hydroxyl groups is 1. The Kier molecular flexibility index (Phi) is 5.33. The molecule has 0 amide bonds. The van der Waals surface area contributed by atoms with Gasteiger partial charge in [0.2, 0.25) is 0 Å². The summed E-state index contributed by atoms with van der Waals surface area (Å²) in [5.74, 6) is -0.379. The molecule has 7 nitrogen and oxygen atoms in total. The average molecular weight is 310 g/mol. The number of pyridine rings is 1. The van der Waals surface area contributed by atoms with E-state index in [9.17, 15) is 20.1 Å². The lowest BCUT2D eigenvalue weighted by molar-refractivity contribution is -0.150. The predicted molar refractivity (Wildman–Crippen MR) is 78.0 cm³/mol. The number of carbonyl (C=O) groups is 1. The second-order valence-corrected chi connectivity index (χ2v) is 5.54. The molecule has 1 aromatic rings. The number of nitrogens with zero attached hydrogens (tertiary/aromatic N) is 2. The van der Waals surface area contributed by atoms with Gasteiger partial charge in [-0.1, -0.05) is 0 Å². The number of methoxy groups -OCH3 is 1. The summed E-state index contributed by atoms with van der Waals surface area (Å²) in [4.78, 5) is 17.8. The third-order valence-corrected chi connectivity index (χ3v) is 4.12. The molecule has 7 heteroatoms. The van der Waals surface area contributed by atoms with E-state index in [0.717, 1.165) is 0 Å². The molecule has 0 aliphatic carbocycles. The molecule has 1 fully saturated rings. The highest BCUT2D eigenvalue weighted by molar-refractivity contribution is 5.75. The summed E-state index contributed by atoms with van der Waals surface area (Å²) < 4.78 is 4.80. The molecule has 1 aromatic heterocycles. The van der Waals surface area contributed by atoms with E-state index in [0.29, 0.717) is 36.2 Å². The summed E-state index contributed by atoms with van der Waals surface area (Å²) in [6.45, 7) is 2.23. The van der Waals surface area contributed by atoms with Crippen LogP contribution in [0.5, 0.6) is 5.75 Å². The standard InChI is InChI=1S/C15H22N2O5/c1-9-14(20)12(10(8-18)6-16-9)7-17-4-3-11(19)5-13(17)15(21)22-2/h6,11,13,18-20H,3-5,7-8H2,1-2H3/t11-,13+/m0/s1. The summed E-state index contributed by atoms with van der Waals surface area (Å²) in [5, 5.41) is 29.4. The summed E-state index contributed by atoms with van der Waals surface area (Å²) in [5.41, 5.74) is 1.55. The van der Waals surface area contributed by atoms with E-state index in [2.05, 4.69) is 4.98 Å². The Balaban J connectivity index is 2.28. The van der Waals surface area contributed by atoms with E-state index in [-0.39, 0.29) is 18.9 Å². The maximum Gasteiger partial charge on any atom is 0.323 e. The third kappa shape index (κ3) is 3.37. The van der Waals surface area contributed by atoms with Gasteiger partial charge in [-0.2, -0.15) is 0 Å². The lowest BCUT2D eigenvalue weighted by atomic mass is 9.97. The zero-order chi connectivity index (χ0) is 16.3. The van der Waals surface area contributed by atoms with Gasteiger partial charge in [-0.3, -0.25) is 14.7 Å². The number of aryl methyl sites for hydroxylation is 1. The number of aromatic nitrogens is 1.